The van der Waals surface area contributed by atoms with E-state index in [1.54, 1.807) is 12.1 Å². The Balaban J connectivity index is 1.96. The minimum Gasteiger partial charge on any atom is -0.352 e. The number of piperidine rings is 1. The third kappa shape index (κ3) is 2.64. The molecule has 1 aromatic carbocycles. The van der Waals surface area contributed by atoms with Gasteiger partial charge in [0.15, 0.2) is 0 Å². The molecule has 0 spiro atoms. The number of amides is 1. The van der Waals surface area contributed by atoms with Crippen molar-refractivity contribution in [1.82, 2.24) is 9.62 Å². The fourth-order valence-corrected chi connectivity index (χ4v) is 4.91. The quantitative estimate of drug-likeness (QED) is 0.827. The molecule has 2 aliphatic heterocycles. The smallest absolute Gasteiger partial charge is 0.251 e. The van der Waals surface area contributed by atoms with Crippen LogP contribution in [0.5, 0.6) is 0 Å². The maximum absolute atomic E-state index is 12.9. The highest BCUT2D eigenvalue weighted by molar-refractivity contribution is 7.89. The molecule has 1 amide bonds. The number of nitrogens with two attached hydrogens (primary N) is 1. The van der Waals surface area contributed by atoms with Crippen molar-refractivity contribution in [2.75, 3.05) is 13.1 Å². The van der Waals surface area contributed by atoms with Crippen LogP contribution in [0, 0.1) is 0 Å². The Hall–Kier alpha value is -1.44. The molecule has 2 aliphatic rings. The molecule has 0 aromatic heterocycles. The van der Waals surface area contributed by atoms with Gasteiger partial charge in [-0.2, -0.15) is 4.31 Å². The fourth-order valence-electron chi connectivity index (χ4n) is 3.23. The minimum absolute atomic E-state index is 0.0516. The van der Waals surface area contributed by atoms with Crippen LogP contribution in [0.1, 0.15) is 35.7 Å². The average Bonchev–Trinajstić information content (AvgIpc) is 2.47. The number of nitrogens with one attached hydrogen (secondary N) is 1. The van der Waals surface area contributed by atoms with Gasteiger partial charge in [-0.25, -0.2) is 8.42 Å². The predicted molar refractivity (Wildman–Crippen MR) is 83.0 cm³/mol. The second-order valence-corrected chi connectivity index (χ2v) is 7.96. The number of sulfonamides is 1. The molecule has 22 heavy (non-hydrogen) atoms. The summed E-state index contributed by atoms with van der Waals surface area (Å²) in [6.45, 7) is 2.90. The van der Waals surface area contributed by atoms with E-state index in [-0.39, 0.29) is 22.9 Å². The van der Waals surface area contributed by atoms with Gasteiger partial charge in [-0.1, -0.05) is 6.07 Å². The minimum atomic E-state index is -3.59. The molecule has 2 atom stereocenters. The zero-order valence-corrected chi connectivity index (χ0v) is 13.4. The van der Waals surface area contributed by atoms with Crippen LogP contribution < -0.4 is 11.1 Å². The molecule has 2 heterocycles. The lowest BCUT2D eigenvalue weighted by Crippen LogP contribution is -2.48. The molecule has 120 valence electrons. The first-order valence-electron chi connectivity index (χ1n) is 7.58. The third-order valence-corrected chi connectivity index (χ3v) is 6.48. The molecule has 3 rings (SSSR count). The van der Waals surface area contributed by atoms with Crippen molar-refractivity contribution >= 4 is 15.9 Å². The molecule has 6 nitrogen and oxygen atoms in total. The highest BCUT2D eigenvalue weighted by Crippen LogP contribution is 2.27. The molecule has 0 bridgehead atoms. The number of fused-ring (bicyclic) bond motifs is 1. The number of hydrogen-bond acceptors (Lipinski definition) is 4. The molecule has 7 heteroatoms. The number of nitrogens with zero attached hydrogens (tertiary/aromatic N) is 1. The van der Waals surface area contributed by atoms with E-state index in [9.17, 15) is 13.2 Å². The van der Waals surface area contributed by atoms with Crippen molar-refractivity contribution in [2.45, 2.75) is 43.2 Å². The SMILES string of the molecule is C[C@H]1C[C@@H](N)CCN1S(=O)(=O)c1ccc2c(c1)C(=O)NCC2. The normalized spacial score (nSPS) is 26.4. The van der Waals surface area contributed by atoms with E-state index < -0.39 is 10.0 Å². The van der Waals surface area contributed by atoms with Gasteiger partial charge in [0.25, 0.3) is 5.91 Å². The first kappa shape index (κ1) is 15.5. The van der Waals surface area contributed by atoms with Crippen molar-refractivity contribution in [3.8, 4) is 0 Å². The van der Waals surface area contributed by atoms with Crippen LogP contribution in [0.3, 0.4) is 0 Å². The fraction of sp³-hybridized carbons (Fsp3) is 0.533. The van der Waals surface area contributed by atoms with Crippen LogP contribution in [-0.4, -0.2) is 43.8 Å². The van der Waals surface area contributed by atoms with Crippen molar-refractivity contribution in [3.05, 3.63) is 29.3 Å². The molecule has 0 radical (unpaired) electrons. The van der Waals surface area contributed by atoms with Gasteiger partial charge >= 0.3 is 0 Å². The van der Waals surface area contributed by atoms with E-state index in [1.807, 2.05) is 6.92 Å². The Morgan fingerprint density at radius 2 is 2.14 bits per heavy atom. The maximum atomic E-state index is 12.9. The summed E-state index contributed by atoms with van der Waals surface area (Å²) >= 11 is 0. The topological polar surface area (TPSA) is 92.5 Å². The summed E-state index contributed by atoms with van der Waals surface area (Å²) in [4.78, 5) is 12.1. The zero-order chi connectivity index (χ0) is 15.9. The van der Waals surface area contributed by atoms with E-state index in [4.69, 9.17) is 5.73 Å². The van der Waals surface area contributed by atoms with Crippen LogP contribution in [0.2, 0.25) is 0 Å². The Kier molecular flexibility index (Phi) is 3.96. The summed E-state index contributed by atoms with van der Waals surface area (Å²) in [6.07, 6.45) is 2.05. The number of hydrogen-bond donors (Lipinski definition) is 2. The molecule has 0 saturated carbocycles. The summed E-state index contributed by atoms with van der Waals surface area (Å²) in [6, 6.07) is 4.78. The average molecular weight is 323 g/mol. The first-order chi connectivity index (χ1) is 10.4. The Bertz CT molecular complexity index is 702. The van der Waals surface area contributed by atoms with E-state index in [0.29, 0.717) is 31.5 Å². The Labute approximate surface area is 130 Å². The van der Waals surface area contributed by atoms with Gasteiger partial charge in [0.1, 0.15) is 0 Å². The number of rotatable bonds is 2. The van der Waals surface area contributed by atoms with Gasteiger partial charge < -0.3 is 11.1 Å². The van der Waals surface area contributed by atoms with Crippen LogP contribution in [0.25, 0.3) is 0 Å². The molecular formula is C15H21N3O3S. The number of carbonyl (C=O) groups is 1. The molecule has 1 saturated heterocycles. The lowest BCUT2D eigenvalue weighted by Gasteiger charge is -2.35. The van der Waals surface area contributed by atoms with E-state index in [0.717, 1.165) is 12.0 Å². The predicted octanol–water partition coefficient (Wildman–Crippen LogP) is 0.473. The van der Waals surface area contributed by atoms with Crippen molar-refractivity contribution in [3.63, 3.8) is 0 Å². The second kappa shape index (κ2) is 5.64. The molecule has 1 fully saturated rings. The molecule has 0 unspecified atom stereocenters. The number of benzene rings is 1. The van der Waals surface area contributed by atoms with Crippen LogP contribution in [0.4, 0.5) is 0 Å². The maximum Gasteiger partial charge on any atom is 0.251 e. The standard InChI is InChI=1S/C15H21N3O3S/c1-10-8-12(16)5-7-18(10)22(20,21)13-3-2-11-4-6-17-15(19)14(11)9-13/h2-3,9-10,12H,4-8,16H2,1H3,(H,17,19)/t10-,12-/m0/s1. The molecule has 0 aliphatic carbocycles. The van der Waals surface area contributed by atoms with E-state index >= 15 is 0 Å². The van der Waals surface area contributed by atoms with Gasteiger partial charge in [0, 0.05) is 30.7 Å². The molecule has 1 aromatic rings. The zero-order valence-electron chi connectivity index (χ0n) is 12.6. The van der Waals surface area contributed by atoms with Gasteiger partial charge in [0.05, 0.1) is 4.90 Å². The Morgan fingerprint density at radius 1 is 1.36 bits per heavy atom. The van der Waals surface area contributed by atoms with Crippen LogP contribution in [0.15, 0.2) is 23.1 Å². The third-order valence-electron chi connectivity index (χ3n) is 4.47. The van der Waals surface area contributed by atoms with E-state index in [2.05, 4.69) is 5.32 Å². The molecule has 3 N–H and O–H groups in total. The first-order valence-corrected chi connectivity index (χ1v) is 9.02. The second-order valence-electron chi connectivity index (χ2n) is 6.07. The summed E-state index contributed by atoms with van der Waals surface area (Å²) in [5.74, 6) is -0.202. The van der Waals surface area contributed by atoms with Crippen LogP contribution in [-0.2, 0) is 16.4 Å². The molecular weight excluding hydrogens is 302 g/mol. The largest absolute Gasteiger partial charge is 0.352 e. The van der Waals surface area contributed by atoms with Crippen molar-refractivity contribution in [2.24, 2.45) is 5.73 Å². The summed E-state index contributed by atoms with van der Waals surface area (Å²) in [5, 5.41) is 2.75. The lowest BCUT2D eigenvalue weighted by atomic mass is 10.0. The summed E-state index contributed by atoms with van der Waals surface area (Å²) in [7, 11) is -3.59. The number of carbonyl (C=O) groups excluding carboxylic acids is 1. The monoisotopic (exact) mass is 323 g/mol. The summed E-state index contributed by atoms with van der Waals surface area (Å²) < 4.78 is 27.2. The summed E-state index contributed by atoms with van der Waals surface area (Å²) in [5.41, 5.74) is 7.27. The highest BCUT2D eigenvalue weighted by atomic mass is 32.2. The van der Waals surface area contributed by atoms with Crippen molar-refractivity contribution < 1.29 is 13.2 Å². The van der Waals surface area contributed by atoms with Gasteiger partial charge in [-0.15, -0.1) is 0 Å². The van der Waals surface area contributed by atoms with Gasteiger partial charge in [-0.3, -0.25) is 4.79 Å². The highest BCUT2D eigenvalue weighted by Gasteiger charge is 2.34. The Morgan fingerprint density at radius 3 is 2.86 bits per heavy atom. The van der Waals surface area contributed by atoms with Gasteiger partial charge in [0.2, 0.25) is 10.0 Å². The lowest BCUT2D eigenvalue weighted by molar-refractivity contribution is 0.0945. The van der Waals surface area contributed by atoms with Crippen LogP contribution >= 0.6 is 0 Å². The van der Waals surface area contributed by atoms with E-state index in [1.165, 1.54) is 10.4 Å². The van der Waals surface area contributed by atoms with Gasteiger partial charge in [-0.05, 0) is 43.9 Å². The van der Waals surface area contributed by atoms with Crippen molar-refractivity contribution in [1.29, 1.82) is 0 Å².